The number of nitrogens with one attached hydrogen (secondary N) is 3. The second-order valence-electron chi connectivity index (χ2n) is 5.97. The Balaban J connectivity index is 1.71. The summed E-state index contributed by atoms with van der Waals surface area (Å²) in [6.07, 6.45) is 1.58. The van der Waals surface area contributed by atoms with Crippen LogP contribution >= 0.6 is 0 Å². The van der Waals surface area contributed by atoms with Crippen molar-refractivity contribution in [2.45, 2.75) is 26.3 Å². The molecule has 0 fully saturated rings. The highest BCUT2D eigenvalue weighted by molar-refractivity contribution is 5.86. The number of carbonyl (C=O) groups excluding carboxylic acids is 1. The van der Waals surface area contributed by atoms with Crippen LogP contribution in [-0.4, -0.2) is 32.0 Å². The number of furan rings is 1. The molecule has 1 heterocycles. The third-order valence-electron chi connectivity index (χ3n) is 3.90. The SMILES string of the molecule is CN=C(NCC(=O)NCc1ccco1)NCC(C)c1ccc(C)cc1. The molecule has 0 aliphatic carbocycles. The van der Waals surface area contributed by atoms with Crippen molar-refractivity contribution in [3.8, 4) is 0 Å². The van der Waals surface area contributed by atoms with E-state index in [2.05, 4.69) is 59.1 Å². The Labute approximate surface area is 148 Å². The first-order chi connectivity index (χ1) is 12.1. The van der Waals surface area contributed by atoms with Gasteiger partial charge in [-0.1, -0.05) is 36.8 Å². The Morgan fingerprint density at radius 3 is 2.56 bits per heavy atom. The van der Waals surface area contributed by atoms with E-state index in [1.165, 1.54) is 11.1 Å². The van der Waals surface area contributed by atoms with Gasteiger partial charge in [0, 0.05) is 13.6 Å². The van der Waals surface area contributed by atoms with Crippen LogP contribution < -0.4 is 16.0 Å². The molecular weight excluding hydrogens is 316 g/mol. The van der Waals surface area contributed by atoms with Gasteiger partial charge < -0.3 is 20.4 Å². The summed E-state index contributed by atoms with van der Waals surface area (Å²) in [6, 6.07) is 12.1. The number of hydrogen-bond donors (Lipinski definition) is 3. The van der Waals surface area contributed by atoms with Crippen molar-refractivity contribution in [1.82, 2.24) is 16.0 Å². The maximum Gasteiger partial charge on any atom is 0.239 e. The molecule has 1 aromatic heterocycles. The summed E-state index contributed by atoms with van der Waals surface area (Å²) in [5, 5.41) is 9.04. The molecule has 1 amide bonds. The summed E-state index contributed by atoms with van der Waals surface area (Å²) in [5.41, 5.74) is 2.52. The van der Waals surface area contributed by atoms with Crippen molar-refractivity contribution in [1.29, 1.82) is 0 Å². The highest BCUT2D eigenvalue weighted by Gasteiger charge is 2.08. The van der Waals surface area contributed by atoms with Gasteiger partial charge >= 0.3 is 0 Å². The fourth-order valence-electron chi connectivity index (χ4n) is 2.31. The zero-order chi connectivity index (χ0) is 18.1. The molecule has 0 aliphatic heterocycles. The van der Waals surface area contributed by atoms with Crippen LogP contribution in [0, 0.1) is 6.92 Å². The monoisotopic (exact) mass is 342 g/mol. The second-order valence-corrected chi connectivity index (χ2v) is 5.97. The van der Waals surface area contributed by atoms with Crippen molar-refractivity contribution in [2.24, 2.45) is 4.99 Å². The van der Waals surface area contributed by atoms with Crippen molar-refractivity contribution >= 4 is 11.9 Å². The number of aryl methyl sites for hydroxylation is 1. The fourth-order valence-corrected chi connectivity index (χ4v) is 2.31. The number of nitrogens with zero attached hydrogens (tertiary/aromatic N) is 1. The predicted octanol–water partition coefficient (Wildman–Crippen LogP) is 2.17. The number of aliphatic imine (C=N–C) groups is 1. The molecule has 0 spiro atoms. The lowest BCUT2D eigenvalue weighted by Crippen LogP contribution is -2.43. The van der Waals surface area contributed by atoms with Gasteiger partial charge in [0.25, 0.3) is 0 Å². The van der Waals surface area contributed by atoms with Crippen molar-refractivity contribution in [2.75, 3.05) is 20.1 Å². The average Bonchev–Trinajstić information content (AvgIpc) is 3.14. The lowest BCUT2D eigenvalue weighted by atomic mass is 10.0. The summed E-state index contributed by atoms with van der Waals surface area (Å²) in [7, 11) is 1.69. The van der Waals surface area contributed by atoms with Crippen LogP contribution in [-0.2, 0) is 11.3 Å². The minimum atomic E-state index is -0.120. The number of amides is 1. The van der Waals surface area contributed by atoms with Gasteiger partial charge in [0.1, 0.15) is 5.76 Å². The molecule has 25 heavy (non-hydrogen) atoms. The molecular formula is C19H26N4O2. The smallest absolute Gasteiger partial charge is 0.239 e. The quantitative estimate of drug-likeness (QED) is 0.532. The van der Waals surface area contributed by atoms with E-state index < -0.39 is 0 Å². The normalized spacial score (nSPS) is 12.5. The molecule has 0 radical (unpaired) electrons. The van der Waals surface area contributed by atoms with Gasteiger partial charge in [-0.2, -0.15) is 0 Å². The van der Waals surface area contributed by atoms with E-state index in [1.807, 2.05) is 6.07 Å². The second kappa shape index (κ2) is 9.52. The lowest BCUT2D eigenvalue weighted by Gasteiger charge is -2.16. The van der Waals surface area contributed by atoms with E-state index in [1.54, 1.807) is 19.4 Å². The van der Waals surface area contributed by atoms with Crippen LogP contribution in [0.1, 0.15) is 29.7 Å². The van der Waals surface area contributed by atoms with E-state index in [9.17, 15) is 4.79 Å². The number of guanidine groups is 1. The maximum atomic E-state index is 11.9. The number of hydrogen-bond acceptors (Lipinski definition) is 3. The largest absolute Gasteiger partial charge is 0.467 e. The highest BCUT2D eigenvalue weighted by atomic mass is 16.3. The van der Waals surface area contributed by atoms with Crippen LogP contribution in [0.5, 0.6) is 0 Å². The standard InChI is InChI=1S/C19H26N4O2/c1-14-6-8-16(9-7-14)15(2)11-22-19(20-3)23-13-18(24)21-12-17-5-4-10-25-17/h4-10,15H,11-13H2,1-3H3,(H,21,24)(H2,20,22,23). The van der Waals surface area contributed by atoms with Gasteiger partial charge in [-0.15, -0.1) is 0 Å². The van der Waals surface area contributed by atoms with Crippen LogP contribution in [0.15, 0.2) is 52.1 Å². The first kappa shape index (κ1) is 18.6. The summed E-state index contributed by atoms with van der Waals surface area (Å²) >= 11 is 0. The van der Waals surface area contributed by atoms with E-state index in [0.717, 1.165) is 12.3 Å². The van der Waals surface area contributed by atoms with E-state index in [-0.39, 0.29) is 12.5 Å². The van der Waals surface area contributed by atoms with Gasteiger partial charge in [0.15, 0.2) is 5.96 Å². The van der Waals surface area contributed by atoms with Gasteiger partial charge in [-0.25, -0.2) is 0 Å². The number of carbonyl (C=O) groups is 1. The van der Waals surface area contributed by atoms with Crippen LogP contribution in [0.2, 0.25) is 0 Å². The molecule has 2 rings (SSSR count). The van der Waals surface area contributed by atoms with Gasteiger partial charge in [0.05, 0.1) is 19.4 Å². The molecule has 0 saturated carbocycles. The molecule has 1 aromatic carbocycles. The minimum absolute atomic E-state index is 0.120. The summed E-state index contributed by atoms with van der Waals surface area (Å²) in [5.74, 6) is 1.55. The van der Waals surface area contributed by atoms with Crippen LogP contribution in [0.25, 0.3) is 0 Å². The Bertz CT molecular complexity index is 678. The number of rotatable bonds is 7. The van der Waals surface area contributed by atoms with Crippen molar-refractivity contribution in [3.63, 3.8) is 0 Å². The zero-order valence-electron chi connectivity index (χ0n) is 15.0. The molecule has 0 saturated heterocycles. The van der Waals surface area contributed by atoms with Crippen LogP contribution in [0.4, 0.5) is 0 Å². The lowest BCUT2D eigenvalue weighted by molar-refractivity contribution is -0.120. The predicted molar refractivity (Wildman–Crippen MR) is 99.5 cm³/mol. The third kappa shape index (κ3) is 6.33. The fraction of sp³-hybridized carbons (Fsp3) is 0.368. The average molecular weight is 342 g/mol. The molecule has 2 aromatic rings. The summed E-state index contributed by atoms with van der Waals surface area (Å²) in [4.78, 5) is 16.0. The highest BCUT2D eigenvalue weighted by Crippen LogP contribution is 2.14. The zero-order valence-corrected chi connectivity index (χ0v) is 15.0. The van der Waals surface area contributed by atoms with E-state index in [0.29, 0.717) is 18.4 Å². The Kier molecular flexibility index (Phi) is 7.07. The Morgan fingerprint density at radius 2 is 1.92 bits per heavy atom. The summed E-state index contributed by atoms with van der Waals surface area (Å²) in [6.45, 7) is 5.50. The van der Waals surface area contributed by atoms with Crippen molar-refractivity contribution < 1.29 is 9.21 Å². The third-order valence-corrected chi connectivity index (χ3v) is 3.90. The first-order valence-corrected chi connectivity index (χ1v) is 8.38. The molecule has 6 nitrogen and oxygen atoms in total. The van der Waals surface area contributed by atoms with E-state index >= 15 is 0 Å². The van der Waals surface area contributed by atoms with Gasteiger partial charge in [-0.3, -0.25) is 9.79 Å². The molecule has 134 valence electrons. The maximum absolute atomic E-state index is 11.9. The van der Waals surface area contributed by atoms with Crippen LogP contribution in [0.3, 0.4) is 0 Å². The molecule has 0 bridgehead atoms. The summed E-state index contributed by atoms with van der Waals surface area (Å²) < 4.78 is 5.17. The molecule has 1 atom stereocenters. The Morgan fingerprint density at radius 1 is 1.16 bits per heavy atom. The number of benzene rings is 1. The topological polar surface area (TPSA) is 78.7 Å². The van der Waals surface area contributed by atoms with Gasteiger partial charge in [0.2, 0.25) is 5.91 Å². The van der Waals surface area contributed by atoms with E-state index in [4.69, 9.17) is 4.42 Å². The molecule has 1 unspecified atom stereocenters. The molecule has 6 heteroatoms. The molecule has 3 N–H and O–H groups in total. The minimum Gasteiger partial charge on any atom is -0.467 e. The first-order valence-electron chi connectivity index (χ1n) is 8.38. The van der Waals surface area contributed by atoms with Gasteiger partial charge in [-0.05, 0) is 30.5 Å². The van der Waals surface area contributed by atoms with Crippen molar-refractivity contribution in [3.05, 3.63) is 59.5 Å². The Hall–Kier alpha value is -2.76. The molecule has 0 aliphatic rings.